The lowest BCUT2D eigenvalue weighted by atomic mass is 10.2. The number of carboxylic acids is 1. The molecule has 0 radical (unpaired) electrons. The van der Waals surface area contributed by atoms with E-state index < -0.39 is 12.0 Å². The molecule has 0 spiro atoms. The number of carboxylic acid groups (broad SMARTS) is 1. The van der Waals surface area contributed by atoms with Crippen LogP contribution in [0, 0.1) is 0 Å². The third kappa shape index (κ3) is 2.55. The SMILES string of the molecule is O=C(O)[C@H]1CN(Cc2ccccc2)CN1. The summed E-state index contributed by atoms with van der Waals surface area (Å²) in [5.74, 6) is -0.773. The monoisotopic (exact) mass is 206 g/mol. The van der Waals surface area contributed by atoms with Gasteiger partial charge in [0, 0.05) is 19.8 Å². The number of carbonyl (C=O) groups is 1. The number of hydrogen-bond acceptors (Lipinski definition) is 3. The van der Waals surface area contributed by atoms with Crippen LogP contribution in [0.1, 0.15) is 5.56 Å². The standard InChI is InChI=1S/C11H14N2O2/c14-11(15)10-7-13(8-12-10)6-9-4-2-1-3-5-9/h1-5,10,12H,6-8H2,(H,14,15)/t10-/m1/s1. The highest BCUT2D eigenvalue weighted by atomic mass is 16.4. The van der Waals surface area contributed by atoms with Crippen molar-refractivity contribution >= 4 is 5.97 Å². The first-order valence-electron chi connectivity index (χ1n) is 4.98. The van der Waals surface area contributed by atoms with Crippen molar-refractivity contribution in [3.63, 3.8) is 0 Å². The first-order valence-corrected chi connectivity index (χ1v) is 4.98. The minimum Gasteiger partial charge on any atom is -0.480 e. The van der Waals surface area contributed by atoms with E-state index in [9.17, 15) is 4.79 Å². The third-order valence-corrected chi connectivity index (χ3v) is 2.55. The molecular weight excluding hydrogens is 192 g/mol. The van der Waals surface area contributed by atoms with Crippen molar-refractivity contribution in [2.24, 2.45) is 0 Å². The van der Waals surface area contributed by atoms with E-state index in [0.717, 1.165) is 6.54 Å². The second kappa shape index (κ2) is 4.42. The number of nitrogens with one attached hydrogen (secondary N) is 1. The van der Waals surface area contributed by atoms with Crippen molar-refractivity contribution in [2.45, 2.75) is 12.6 Å². The topological polar surface area (TPSA) is 52.6 Å². The molecule has 2 N–H and O–H groups in total. The fourth-order valence-corrected chi connectivity index (χ4v) is 1.75. The van der Waals surface area contributed by atoms with Crippen LogP contribution in [0.2, 0.25) is 0 Å². The summed E-state index contributed by atoms with van der Waals surface area (Å²) in [4.78, 5) is 12.8. The summed E-state index contributed by atoms with van der Waals surface area (Å²) in [5, 5.41) is 11.8. The van der Waals surface area contributed by atoms with Gasteiger partial charge in [0.2, 0.25) is 0 Å². The Morgan fingerprint density at radius 1 is 1.47 bits per heavy atom. The molecule has 15 heavy (non-hydrogen) atoms. The second-order valence-electron chi connectivity index (χ2n) is 3.75. The molecule has 2 rings (SSSR count). The summed E-state index contributed by atoms with van der Waals surface area (Å²) in [6, 6.07) is 9.64. The molecule has 4 nitrogen and oxygen atoms in total. The molecule has 0 aliphatic carbocycles. The van der Waals surface area contributed by atoms with Crippen molar-refractivity contribution in [3.05, 3.63) is 35.9 Å². The van der Waals surface area contributed by atoms with Crippen molar-refractivity contribution in [1.82, 2.24) is 10.2 Å². The van der Waals surface area contributed by atoms with Gasteiger partial charge in [0.1, 0.15) is 6.04 Å². The summed E-state index contributed by atoms with van der Waals surface area (Å²) >= 11 is 0. The minimum absolute atomic E-state index is 0.422. The summed E-state index contributed by atoms with van der Waals surface area (Å²) in [6.07, 6.45) is 0. The number of nitrogens with zero attached hydrogens (tertiary/aromatic N) is 1. The maximum Gasteiger partial charge on any atom is 0.322 e. The smallest absolute Gasteiger partial charge is 0.322 e. The Kier molecular flexibility index (Phi) is 2.99. The zero-order valence-electron chi connectivity index (χ0n) is 8.39. The second-order valence-corrected chi connectivity index (χ2v) is 3.75. The Bertz CT molecular complexity index is 340. The molecule has 1 aliphatic rings. The summed E-state index contributed by atoms with van der Waals surface area (Å²) in [6.45, 7) is 2.02. The van der Waals surface area contributed by atoms with Gasteiger partial charge >= 0.3 is 5.97 Å². The van der Waals surface area contributed by atoms with Crippen LogP contribution in [0.3, 0.4) is 0 Å². The van der Waals surface area contributed by atoms with Crippen LogP contribution in [-0.2, 0) is 11.3 Å². The number of hydrogen-bond donors (Lipinski definition) is 2. The minimum atomic E-state index is -0.773. The average Bonchev–Trinajstić information content (AvgIpc) is 2.68. The van der Waals surface area contributed by atoms with E-state index >= 15 is 0 Å². The maximum atomic E-state index is 10.7. The molecule has 0 amide bonds. The number of aliphatic carboxylic acids is 1. The maximum absolute atomic E-state index is 10.7. The summed E-state index contributed by atoms with van der Waals surface area (Å²) in [5.41, 5.74) is 1.21. The lowest BCUT2D eigenvalue weighted by Gasteiger charge is -2.13. The Labute approximate surface area is 88.5 Å². The van der Waals surface area contributed by atoms with Crippen LogP contribution in [-0.4, -0.2) is 35.2 Å². The molecule has 1 aromatic carbocycles. The molecule has 4 heteroatoms. The van der Waals surface area contributed by atoms with Gasteiger partial charge in [-0.3, -0.25) is 15.0 Å². The summed E-state index contributed by atoms with van der Waals surface area (Å²) < 4.78 is 0. The predicted octanol–water partition coefficient (Wildman–Crippen LogP) is 0.502. The van der Waals surface area contributed by atoms with E-state index in [1.54, 1.807) is 0 Å². The Balaban J connectivity index is 1.90. The van der Waals surface area contributed by atoms with E-state index in [1.807, 2.05) is 30.3 Å². The highest BCUT2D eigenvalue weighted by Gasteiger charge is 2.26. The highest BCUT2D eigenvalue weighted by Crippen LogP contribution is 2.08. The van der Waals surface area contributed by atoms with Crippen LogP contribution >= 0.6 is 0 Å². The van der Waals surface area contributed by atoms with Crippen LogP contribution in [0.4, 0.5) is 0 Å². The molecule has 1 aromatic rings. The highest BCUT2D eigenvalue weighted by molar-refractivity contribution is 5.74. The molecule has 1 atom stereocenters. The van der Waals surface area contributed by atoms with E-state index in [-0.39, 0.29) is 0 Å². The Hall–Kier alpha value is -1.39. The third-order valence-electron chi connectivity index (χ3n) is 2.55. The van der Waals surface area contributed by atoms with Crippen LogP contribution in [0.25, 0.3) is 0 Å². The normalized spacial score (nSPS) is 21.7. The lowest BCUT2D eigenvalue weighted by molar-refractivity contribution is -0.138. The molecule has 1 heterocycles. The van der Waals surface area contributed by atoms with Gasteiger partial charge in [0.15, 0.2) is 0 Å². The van der Waals surface area contributed by atoms with Gasteiger partial charge in [0.25, 0.3) is 0 Å². The van der Waals surface area contributed by atoms with Gasteiger partial charge in [-0.1, -0.05) is 30.3 Å². The van der Waals surface area contributed by atoms with Gasteiger partial charge in [-0.05, 0) is 5.56 Å². The molecule has 1 saturated heterocycles. The van der Waals surface area contributed by atoms with Gasteiger partial charge in [-0.2, -0.15) is 0 Å². The van der Waals surface area contributed by atoms with Crippen molar-refractivity contribution in [1.29, 1.82) is 0 Å². The zero-order valence-corrected chi connectivity index (χ0v) is 8.39. The number of benzene rings is 1. The van der Waals surface area contributed by atoms with E-state index in [2.05, 4.69) is 10.2 Å². The van der Waals surface area contributed by atoms with Gasteiger partial charge in [-0.25, -0.2) is 0 Å². The van der Waals surface area contributed by atoms with Crippen LogP contribution in [0.15, 0.2) is 30.3 Å². The molecule has 0 bridgehead atoms. The fourth-order valence-electron chi connectivity index (χ4n) is 1.75. The van der Waals surface area contributed by atoms with Gasteiger partial charge in [0.05, 0.1) is 0 Å². The average molecular weight is 206 g/mol. The molecule has 0 saturated carbocycles. The Morgan fingerprint density at radius 3 is 2.80 bits per heavy atom. The summed E-state index contributed by atoms with van der Waals surface area (Å²) in [7, 11) is 0. The number of rotatable bonds is 3. The van der Waals surface area contributed by atoms with Gasteiger partial charge < -0.3 is 5.11 Å². The van der Waals surface area contributed by atoms with Crippen molar-refractivity contribution in [3.8, 4) is 0 Å². The lowest BCUT2D eigenvalue weighted by Crippen LogP contribution is -2.32. The van der Waals surface area contributed by atoms with Crippen molar-refractivity contribution in [2.75, 3.05) is 13.2 Å². The zero-order chi connectivity index (χ0) is 10.7. The van der Waals surface area contributed by atoms with E-state index in [4.69, 9.17) is 5.11 Å². The Morgan fingerprint density at radius 2 is 2.20 bits per heavy atom. The molecule has 1 aliphatic heterocycles. The molecule has 0 unspecified atom stereocenters. The van der Waals surface area contributed by atoms with Gasteiger partial charge in [-0.15, -0.1) is 0 Å². The molecule has 1 fully saturated rings. The largest absolute Gasteiger partial charge is 0.480 e. The van der Waals surface area contributed by atoms with E-state index in [0.29, 0.717) is 13.2 Å². The van der Waals surface area contributed by atoms with Crippen LogP contribution < -0.4 is 5.32 Å². The first-order chi connectivity index (χ1) is 7.25. The van der Waals surface area contributed by atoms with E-state index in [1.165, 1.54) is 5.56 Å². The molecule has 0 aromatic heterocycles. The first kappa shape index (κ1) is 10.1. The fraction of sp³-hybridized carbons (Fsp3) is 0.364. The molecular formula is C11H14N2O2. The van der Waals surface area contributed by atoms with Crippen LogP contribution in [0.5, 0.6) is 0 Å². The quantitative estimate of drug-likeness (QED) is 0.756. The molecule has 80 valence electrons. The van der Waals surface area contributed by atoms with Crippen molar-refractivity contribution < 1.29 is 9.90 Å². The predicted molar refractivity (Wildman–Crippen MR) is 56.3 cm³/mol.